The van der Waals surface area contributed by atoms with Crippen LogP contribution in [0.25, 0.3) is 11.0 Å². The van der Waals surface area contributed by atoms with Crippen LogP contribution in [-0.4, -0.2) is 5.78 Å². The molecule has 0 unspecified atom stereocenters. The Labute approximate surface area is 162 Å². The number of ketones is 1. The summed E-state index contributed by atoms with van der Waals surface area (Å²) >= 11 is 0. The average molecular weight is 370 g/mol. The molecule has 0 N–H and O–H groups in total. The van der Waals surface area contributed by atoms with Crippen LogP contribution < -0.4 is 10.4 Å². The molecule has 0 saturated heterocycles. The van der Waals surface area contributed by atoms with Crippen LogP contribution >= 0.6 is 0 Å². The van der Waals surface area contributed by atoms with Crippen molar-refractivity contribution in [3.63, 3.8) is 0 Å². The number of rotatable bonds is 5. The molecular weight excluding hydrogens is 352 g/mol. The van der Waals surface area contributed by atoms with E-state index in [1.807, 2.05) is 49.4 Å². The standard InChI is InChI=1S/C24H18O4/c1-16-14-21(25)28-24-19(16)12-13-20(27-15-17-8-4-2-5-9-17)22(24)23(26)18-10-6-3-7-11-18/h2-14H,15H2,1H3. The van der Waals surface area contributed by atoms with Gasteiger partial charge in [-0.15, -0.1) is 0 Å². The zero-order valence-corrected chi connectivity index (χ0v) is 15.3. The lowest BCUT2D eigenvalue weighted by Gasteiger charge is -2.13. The summed E-state index contributed by atoms with van der Waals surface area (Å²) in [5.41, 5.74) is 2.26. The molecule has 1 heterocycles. The highest BCUT2D eigenvalue weighted by Crippen LogP contribution is 2.31. The Morgan fingerprint density at radius 3 is 2.32 bits per heavy atom. The largest absolute Gasteiger partial charge is 0.488 e. The third kappa shape index (κ3) is 3.45. The topological polar surface area (TPSA) is 56.5 Å². The van der Waals surface area contributed by atoms with Crippen LogP contribution in [-0.2, 0) is 6.61 Å². The Kier molecular flexibility index (Phi) is 4.77. The number of carbonyl (C=O) groups is 1. The minimum Gasteiger partial charge on any atom is -0.488 e. The SMILES string of the molecule is Cc1cc(=O)oc2c(C(=O)c3ccccc3)c(OCc3ccccc3)ccc12. The van der Waals surface area contributed by atoms with E-state index in [4.69, 9.17) is 9.15 Å². The van der Waals surface area contributed by atoms with Crippen molar-refractivity contribution in [2.45, 2.75) is 13.5 Å². The van der Waals surface area contributed by atoms with Gasteiger partial charge in [0.2, 0.25) is 5.78 Å². The van der Waals surface area contributed by atoms with Crippen LogP contribution in [0.1, 0.15) is 27.0 Å². The molecule has 0 radical (unpaired) electrons. The van der Waals surface area contributed by atoms with E-state index < -0.39 is 5.63 Å². The van der Waals surface area contributed by atoms with Crippen molar-refractivity contribution in [3.8, 4) is 5.75 Å². The maximum atomic E-state index is 13.3. The minimum atomic E-state index is -0.493. The summed E-state index contributed by atoms with van der Waals surface area (Å²) in [6.45, 7) is 2.12. The van der Waals surface area contributed by atoms with Gasteiger partial charge >= 0.3 is 5.63 Å². The number of ether oxygens (including phenoxy) is 1. The van der Waals surface area contributed by atoms with Gasteiger partial charge in [0.25, 0.3) is 0 Å². The first-order chi connectivity index (χ1) is 13.6. The molecule has 4 nitrogen and oxygen atoms in total. The Bertz CT molecular complexity index is 1190. The Balaban J connectivity index is 1.86. The van der Waals surface area contributed by atoms with Crippen molar-refractivity contribution in [2.75, 3.05) is 0 Å². The molecule has 0 spiro atoms. The van der Waals surface area contributed by atoms with Crippen LogP contribution in [0.15, 0.2) is 88.1 Å². The highest BCUT2D eigenvalue weighted by molar-refractivity contribution is 6.17. The second-order valence-corrected chi connectivity index (χ2v) is 6.53. The first kappa shape index (κ1) is 17.7. The van der Waals surface area contributed by atoms with Gasteiger partial charge in [-0.25, -0.2) is 4.79 Å². The van der Waals surface area contributed by atoms with Crippen molar-refractivity contribution in [2.24, 2.45) is 0 Å². The predicted octanol–water partition coefficient (Wildman–Crippen LogP) is 4.91. The molecule has 1 aromatic heterocycles. The van der Waals surface area contributed by atoms with Crippen molar-refractivity contribution in [1.82, 2.24) is 0 Å². The molecule has 4 rings (SSSR count). The monoisotopic (exact) mass is 370 g/mol. The van der Waals surface area contributed by atoms with E-state index in [-0.39, 0.29) is 16.9 Å². The van der Waals surface area contributed by atoms with Crippen LogP contribution in [0, 0.1) is 6.92 Å². The summed E-state index contributed by atoms with van der Waals surface area (Å²) in [5.74, 6) is 0.141. The fourth-order valence-electron chi connectivity index (χ4n) is 3.17. The molecule has 28 heavy (non-hydrogen) atoms. The van der Waals surface area contributed by atoms with Crippen molar-refractivity contribution < 1.29 is 13.9 Å². The lowest BCUT2D eigenvalue weighted by Crippen LogP contribution is -2.09. The first-order valence-corrected chi connectivity index (χ1v) is 8.97. The summed E-state index contributed by atoms with van der Waals surface area (Å²) in [4.78, 5) is 25.3. The second-order valence-electron chi connectivity index (χ2n) is 6.53. The van der Waals surface area contributed by atoms with Gasteiger partial charge in [-0.05, 0) is 30.2 Å². The smallest absolute Gasteiger partial charge is 0.336 e. The van der Waals surface area contributed by atoms with Gasteiger partial charge in [0, 0.05) is 17.0 Å². The van der Waals surface area contributed by atoms with E-state index in [9.17, 15) is 9.59 Å². The molecule has 3 aromatic carbocycles. The van der Waals surface area contributed by atoms with Crippen LogP contribution in [0.2, 0.25) is 0 Å². The van der Waals surface area contributed by atoms with Gasteiger partial charge in [-0.3, -0.25) is 4.79 Å². The van der Waals surface area contributed by atoms with Gasteiger partial charge in [0.05, 0.1) is 0 Å². The molecule has 0 saturated carbocycles. The second kappa shape index (κ2) is 7.53. The zero-order valence-electron chi connectivity index (χ0n) is 15.3. The number of carbonyl (C=O) groups excluding carboxylic acids is 1. The molecule has 0 fully saturated rings. The zero-order chi connectivity index (χ0) is 19.5. The van der Waals surface area contributed by atoms with E-state index in [0.29, 0.717) is 23.3 Å². The normalized spacial score (nSPS) is 10.8. The van der Waals surface area contributed by atoms with Crippen molar-refractivity contribution in [1.29, 1.82) is 0 Å². The molecule has 0 aliphatic carbocycles. The molecule has 138 valence electrons. The number of hydrogen-bond donors (Lipinski definition) is 0. The average Bonchev–Trinajstić information content (AvgIpc) is 2.72. The van der Waals surface area contributed by atoms with E-state index in [0.717, 1.165) is 11.1 Å². The van der Waals surface area contributed by atoms with E-state index in [2.05, 4.69) is 0 Å². The molecule has 0 aliphatic rings. The minimum absolute atomic E-state index is 0.247. The lowest BCUT2D eigenvalue weighted by molar-refractivity contribution is 0.103. The fourth-order valence-corrected chi connectivity index (χ4v) is 3.17. The Hall–Kier alpha value is -3.66. The molecule has 0 aliphatic heterocycles. The van der Waals surface area contributed by atoms with Crippen molar-refractivity contribution in [3.05, 3.63) is 112 Å². The maximum absolute atomic E-state index is 13.3. The summed E-state index contributed by atoms with van der Waals surface area (Å²) in [6.07, 6.45) is 0. The molecule has 4 heteroatoms. The maximum Gasteiger partial charge on any atom is 0.336 e. The van der Waals surface area contributed by atoms with E-state index in [1.54, 1.807) is 30.3 Å². The van der Waals surface area contributed by atoms with Crippen LogP contribution in [0.5, 0.6) is 5.75 Å². The highest BCUT2D eigenvalue weighted by Gasteiger charge is 2.21. The van der Waals surface area contributed by atoms with Crippen LogP contribution in [0.4, 0.5) is 0 Å². The quantitative estimate of drug-likeness (QED) is 0.370. The summed E-state index contributed by atoms with van der Waals surface area (Å²) in [7, 11) is 0. The number of benzene rings is 3. The summed E-state index contributed by atoms with van der Waals surface area (Å²) in [5, 5.41) is 0.714. The molecule has 0 amide bonds. The van der Waals surface area contributed by atoms with Gasteiger partial charge in [0.1, 0.15) is 17.9 Å². The van der Waals surface area contributed by atoms with E-state index in [1.165, 1.54) is 6.07 Å². The Morgan fingerprint density at radius 2 is 1.61 bits per heavy atom. The Morgan fingerprint density at radius 1 is 0.929 bits per heavy atom. The first-order valence-electron chi connectivity index (χ1n) is 8.97. The van der Waals surface area contributed by atoms with Crippen LogP contribution in [0.3, 0.4) is 0 Å². The lowest BCUT2D eigenvalue weighted by atomic mass is 9.98. The van der Waals surface area contributed by atoms with Gasteiger partial charge in [-0.1, -0.05) is 60.7 Å². The molecule has 0 bridgehead atoms. The van der Waals surface area contributed by atoms with E-state index >= 15 is 0 Å². The highest BCUT2D eigenvalue weighted by atomic mass is 16.5. The van der Waals surface area contributed by atoms with Gasteiger partial charge in [-0.2, -0.15) is 0 Å². The number of hydrogen-bond acceptors (Lipinski definition) is 4. The predicted molar refractivity (Wildman–Crippen MR) is 108 cm³/mol. The molecule has 0 atom stereocenters. The fraction of sp³-hybridized carbons (Fsp3) is 0.0833. The molecular formula is C24H18O4. The third-order valence-corrected chi connectivity index (χ3v) is 4.58. The van der Waals surface area contributed by atoms with Gasteiger partial charge < -0.3 is 9.15 Å². The number of fused-ring (bicyclic) bond motifs is 1. The van der Waals surface area contributed by atoms with Gasteiger partial charge in [0.15, 0.2) is 5.58 Å². The summed E-state index contributed by atoms with van der Waals surface area (Å²) < 4.78 is 11.4. The molecule has 4 aromatic rings. The number of aryl methyl sites for hydroxylation is 1. The third-order valence-electron chi connectivity index (χ3n) is 4.58. The van der Waals surface area contributed by atoms with Crippen molar-refractivity contribution >= 4 is 16.8 Å². The summed E-state index contributed by atoms with van der Waals surface area (Å²) in [6, 6.07) is 23.6.